The first kappa shape index (κ1) is 14.5. The second-order valence-electron chi connectivity index (χ2n) is 5.97. The number of nitrogens with zero attached hydrogens (tertiary/aromatic N) is 2. The van der Waals surface area contributed by atoms with Gasteiger partial charge in [0.05, 0.1) is 6.54 Å². The van der Waals surface area contributed by atoms with Gasteiger partial charge in [-0.05, 0) is 53.0 Å². The Hall–Kier alpha value is -0.570. The SMILES string of the molecule is CC1CCCN(CC(=O)N(C(C)C)C(C)C)C1. The van der Waals surface area contributed by atoms with E-state index in [2.05, 4.69) is 39.5 Å². The first-order valence-corrected chi connectivity index (χ1v) is 6.95. The summed E-state index contributed by atoms with van der Waals surface area (Å²) in [5.41, 5.74) is 0. The second kappa shape index (κ2) is 6.39. The van der Waals surface area contributed by atoms with Gasteiger partial charge >= 0.3 is 0 Å². The molecule has 0 bridgehead atoms. The van der Waals surface area contributed by atoms with E-state index in [1.54, 1.807) is 0 Å². The minimum atomic E-state index is 0.282. The van der Waals surface area contributed by atoms with E-state index in [9.17, 15) is 4.79 Å². The van der Waals surface area contributed by atoms with E-state index < -0.39 is 0 Å². The van der Waals surface area contributed by atoms with Gasteiger partial charge in [-0.15, -0.1) is 0 Å². The molecule has 1 amide bonds. The van der Waals surface area contributed by atoms with E-state index in [1.165, 1.54) is 12.8 Å². The van der Waals surface area contributed by atoms with Crippen molar-refractivity contribution in [1.82, 2.24) is 9.80 Å². The zero-order valence-electron chi connectivity index (χ0n) is 12.1. The Morgan fingerprint density at radius 1 is 1.29 bits per heavy atom. The van der Waals surface area contributed by atoms with Crippen LogP contribution in [-0.2, 0) is 4.79 Å². The van der Waals surface area contributed by atoms with Crippen LogP contribution in [0.3, 0.4) is 0 Å². The monoisotopic (exact) mass is 240 g/mol. The van der Waals surface area contributed by atoms with E-state index in [-0.39, 0.29) is 5.91 Å². The van der Waals surface area contributed by atoms with Crippen molar-refractivity contribution in [1.29, 1.82) is 0 Å². The number of carbonyl (C=O) groups excluding carboxylic acids is 1. The van der Waals surface area contributed by atoms with Crippen molar-refractivity contribution in [2.75, 3.05) is 19.6 Å². The molecule has 0 saturated carbocycles. The fourth-order valence-corrected chi connectivity index (χ4v) is 2.88. The van der Waals surface area contributed by atoms with Gasteiger partial charge in [0.25, 0.3) is 0 Å². The normalized spacial score (nSPS) is 22.2. The molecule has 0 aromatic carbocycles. The van der Waals surface area contributed by atoms with Crippen LogP contribution in [0.5, 0.6) is 0 Å². The van der Waals surface area contributed by atoms with E-state index in [0.717, 1.165) is 19.0 Å². The minimum absolute atomic E-state index is 0.282. The highest BCUT2D eigenvalue weighted by Crippen LogP contribution is 2.16. The molecule has 1 fully saturated rings. The van der Waals surface area contributed by atoms with E-state index in [4.69, 9.17) is 0 Å². The van der Waals surface area contributed by atoms with Gasteiger partial charge in [-0.2, -0.15) is 0 Å². The van der Waals surface area contributed by atoms with Crippen molar-refractivity contribution in [3.63, 3.8) is 0 Å². The van der Waals surface area contributed by atoms with Crippen molar-refractivity contribution in [2.24, 2.45) is 5.92 Å². The summed E-state index contributed by atoms with van der Waals surface area (Å²) in [6.45, 7) is 13.4. The lowest BCUT2D eigenvalue weighted by Gasteiger charge is -2.35. The Kier molecular flexibility index (Phi) is 5.44. The molecule has 1 aliphatic heterocycles. The van der Waals surface area contributed by atoms with Gasteiger partial charge in [0.1, 0.15) is 0 Å². The first-order valence-electron chi connectivity index (χ1n) is 6.95. The Morgan fingerprint density at radius 2 is 1.88 bits per heavy atom. The molecule has 100 valence electrons. The average molecular weight is 240 g/mol. The number of carbonyl (C=O) groups is 1. The molecule has 3 nitrogen and oxygen atoms in total. The summed E-state index contributed by atoms with van der Waals surface area (Å²) in [4.78, 5) is 16.6. The van der Waals surface area contributed by atoms with E-state index in [0.29, 0.717) is 18.6 Å². The Balaban J connectivity index is 2.51. The lowest BCUT2D eigenvalue weighted by Crippen LogP contribution is -2.48. The number of amides is 1. The molecule has 0 aliphatic carbocycles. The highest BCUT2D eigenvalue weighted by Gasteiger charge is 2.24. The van der Waals surface area contributed by atoms with Crippen LogP contribution < -0.4 is 0 Å². The van der Waals surface area contributed by atoms with Crippen molar-refractivity contribution < 1.29 is 4.79 Å². The molecule has 0 spiro atoms. The second-order valence-corrected chi connectivity index (χ2v) is 5.97. The number of hydrogen-bond donors (Lipinski definition) is 0. The van der Waals surface area contributed by atoms with Crippen LogP contribution in [-0.4, -0.2) is 47.4 Å². The zero-order chi connectivity index (χ0) is 13.0. The number of piperidine rings is 1. The summed E-state index contributed by atoms with van der Waals surface area (Å²) < 4.78 is 0. The molecular formula is C14H28N2O. The maximum Gasteiger partial charge on any atom is 0.237 e. The van der Waals surface area contributed by atoms with Gasteiger partial charge in [0, 0.05) is 18.6 Å². The van der Waals surface area contributed by atoms with Crippen molar-refractivity contribution in [3.05, 3.63) is 0 Å². The average Bonchev–Trinajstić information content (AvgIpc) is 2.15. The molecule has 3 heteroatoms. The summed E-state index contributed by atoms with van der Waals surface area (Å²) >= 11 is 0. The molecule has 0 radical (unpaired) electrons. The molecule has 17 heavy (non-hydrogen) atoms. The fraction of sp³-hybridized carbons (Fsp3) is 0.929. The Bertz CT molecular complexity index is 243. The standard InChI is InChI=1S/C14H28N2O/c1-11(2)16(12(3)4)14(17)10-15-8-6-7-13(5)9-15/h11-13H,6-10H2,1-5H3. The molecule has 1 unspecified atom stereocenters. The summed E-state index contributed by atoms with van der Waals surface area (Å²) in [5.74, 6) is 1.02. The van der Waals surface area contributed by atoms with Crippen molar-refractivity contribution in [2.45, 2.75) is 59.5 Å². The van der Waals surface area contributed by atoms with Crippen LogP contribution in [0.25, 0.3) is 0 Å². The van der Waals surface area contributed by atoms with Gasteiger partial charge in [0.15, 0.2) is 0 Å². The van der Waals surface area contributed by atoms with Crippen LogP contribution in [0.2, 0.25) is 0 Å². The molecule has 0 aromatic heterocycles. The molecule has 1 heterocycles. The van der Waals surface area contributed by atoms with Crippen molar-refractivity contribution >= 4 is 5.91 Å². The number of hydrogen-bond acceptors (Lipinski definition) is 2. The fourth-order valence-electron chi connectivity index (χ4n) is 2.88. The number of rotatable bonds is 4. The van der Waals surface area contributed by atoms with Gasteiger partial charge in [-0.1, -0.05) is 6.92 Å². The number of likely N-dealkylation sites (tertiary alicyclic amines) is 1. The third-order valence-electron chi connectivity index (χ3n) is 3.50. The van der Waals surface area contributed by atoms with Crippen molar-refractivity contribution in [3.8, 4) is 0 Å². The Morgan fingerprint density at radius 3 is 2.35 bits per heavy atom. The predicted octanol–water partition coefficient (Wildman–Crippen LogP) is 2.36. The van der Waals surface area contributed by atoms with Gasteiger partial charge in [-0.25, -0.2) is 0 Å². The van der Waals surface area contributed by atoms with Gasteiger partial charge < -0.3 is 4.90 Å². The highest BCUT2D eigenvalue weighted by atomic mass is 16.2. The van der Waals surface area contributed by atoms with Gasteiger partial charge in [0.2, 0.25) is 5.91 Å². The zero-order valence-corrected chi connectivity index (χ0v) is 12.1. The van der Waals surface area contributed by atoms with Crippen LogP contribution in [0.1, 0.15) is 47.5 Å². The predicted molar refractivity (Wildman–Crippen MR) is 72.0 cm³/mol. The summed E-state index contributed by atoms with van der Waals surface area (Å²) in [7, 11) is 0. The third kappa shape index (κ3) is 4.30. The molecule has 1 atom stereocenters. The Labute approximate surface area is 106 Å². The quantitative estimate of drug-likeness (QED) is 0.753. The molecule has 0 aromatic rings. The lowest BCUT2D eigenvalue weighted by atomic mass is 10.0. The summed E-state index contributed by atoms with van der Waals surface area (Å²) in [5, 5.41) is 0. The molecule has 1 saturated heterocycles. The molecule has 1 aliphatic rings. The maximum absolute atomic E-state index is 12.3. The van der Waals surface area contributed by atoms with Crippen LogP contribution in [0.15, 0.2) is 0 Å². The third-order valence-corrected chi connectivity index (χ3v) is 3.50. The molecule has 1 rings (SSSR count). The summed E-state index contributed by atoms with van der Waals surface area (Å²) in [6.07, 6.45) is 2.54. The smallest absolute Gasteiger partial charge is 0.237 e. The van der Waals surface area contributed by atoms with E-state index >= 15 is 0 Å². The van der Waals surface area contributed by atoms with Crippen LogP contribution in [0.4, 0.5) is 0 Å². The topological polar surface area (TPSA) is 23.6 Å². The van der Waals surface area contributed by atoms with Crippen LogP contribution >= 0.6 is 0 Å². The van der Waals surface area contributed by atoms with Gasteiger partial charge in [-0.3, -0.25) is 9.69 Å². The first-order chi connectivity index (χ1) is 7.91. The minimum Gasteiger partial charge on any atom is -0.337 e. The lowest BCUT2D eigenvalue weighted by molar-refractivity contribution is -0.136. The van der Waals surface area contributed by atoms with Crippen LogP contribution in [0, 0.1) is 5.92 Å². The molecule has 0 N–H and O–H groups in total. The highest BCUT2D eigenvalue weighted by molar-refractivity contribution is 5.78. The maximum atomic E-state index is 12.3. The summed E-state index contributed by atoms with van der Waals surface area (Å²) in [6, 6.07) is 0.592. The molecular weight excluding hydrogens is 212 g/mol. The van der Waals surface area contributed by atoms with E-state index in [1.807, 2.05) is 4.90 Å². The largest absolute Gasteiger partial charge is 0.337 e.